The number of aromatic nitrogens is 2. The highest BCUT2D eigenvalue weighted by Crippen LogP contribution is 2.10. The highest BCUT2D eigenvalue weighted by molar-refractivity contribution is 5.53. The summed E-state index contributed by atoms with van der Waals surface area (Å²) in [5.74, 6) is 0. The lowest BCUT2D eigenvalue weighted by atomic mass is 10.2. The Kier molecular flexibility index (Phi) is 4.46. The predicted octanol–water partition coefficient (Wildman–Crippen LogP) is 2.37. The first-order chi connectivity index (χ1) is 7.70. The fourth-order valence-electron chi connectivity index (χ4n) is 1.03. The molecule has 0 fully saturated rings. The molecule has 0 amide bonds. The summed E-state index contributed by atoms with van der Waals surface area (Å²) >= 11 is 0. The summed E-state index contributed by atoms with van der Waals surface area (Å²) in [4.78, 5) is 16.9. The highest BCUT2D eigenvalue weighted by Gasteiger charge is 1.95. The molecule has 5 nitrogen and oxygen atoms in total. The summed E-state index contributed by atoms with van der Waals surface area (Å²) in [7, 11) is 0. The lowest BCUT2D eigenvalue weighted by Gasteiger charge is -1.96. The van der Waals surface area contributed by atoms with Gasteiger partial charge >= 0.3 is 6.16 Å². The lowest BCUT2D eigenvalue weighted by Crippen LogP contribution is -1.83. The van der Waals surface area contributed by atoms with Crippen LogP contribution in [0.1, 0.15) is 0 Å². The summed E-state index contributed by atoms with van der Waals surface area (Å²) in [6.07, 6.45) is 1.70. The third-order valence-corrected chi connectivity index (χ3v) is 1.59. The number of rotatable bonds is 1. The summed E-state index contributed by atoms with van der Waals surface area (Å²) < 4.78 is 0. The van der Waals surface area contributed by atoms with E-state index in [9.17, 15) is 0 Å². The molecule has 5 heteroatoms. The second-order valence-corrected chi connectivity index (χ2v) is 2.71. The van der Waals surface area contributed by atoms with Crippen molar-refractivity contribution in [2.24, 2.45) is 0 Å². The summed E-state index contributed by atoms with van der Waals surface area (Å²) in [6.45, 7) is 0. The molecular formula is C11H10N2O3. The van der Waals surface area contributed by atoms with Crippen LogP contribution in [0.3, 0.4) is 0 Å². The van der Waals surface area contributed by atoms with E-state index in [0.717, 1.165) is 11.4 Å². The first-order valence-corrected chi connectivity index (χ1v) is 4.44. The first kappa shape index (κ1) is 11.6. The first-order valence-electron chi connectivity index (χ1n) is 4.44. The van der Waals surface area contributed by atoms with Crippen molar-refractivity contribution in [2.75, 3.05) is 0 Å². The van der Waals surface area contributed by atoms with E-state index < -0.39 is 6.16 Å². The quantitative estimate of drug-likeness (QED) is 0.767. The molecule has 0 unspecified atom stereocenters. The van der Waals surface area contributed by atoms with Crippen LogP contribution in [0, 0.1) is 0 Å². The van der Waals surface area contributed by atoms with Crippen molar-refractivity contribution < 1.29 is 15.0 Å². The molecule has 0 saturated heterocycles. The molecule has 0 spiro atoms. The van der Waals surface area contributed by atoms with Crippen LogP contribution in [-0.2, 0) is 0 Å². The van der Waals surface area contributed by atoms with Crippen molar-refractivity contribution >= 4 is 6.16 Å². The molecule has 16 heavy (non-hydrogen) atoms. The Labute approximate surface area is 92.0 Å². The van der Waals surface area contributed by atoms with Crippen molar-refractivity contribution in [3.63, 3.8) is 0 Å². The van der Waals surface area contributed by atoms with Gasteiger partial charge in [0.2, 0.25) is 0 Å². The second kappa shape index (κ2) is 6.13. The molecule has 2 aromatic rings. The van der Waals surface area contributed by atoms with Gasteiger partial charge in [0.05, 0.1) is 11.4 Å². The van der Waals surface area contributed by atoms with Gasteiger partial charge in [0.25, 0.3) is 0 Å². The number of nitrogens with zero attached hydrogens (tertiary/aromatic N) is 2. The molecule has 2 N–H and O–H groups in total. The van der Waals surface area contributed by atoms with Gasteiger partial charge in [-0.3, -0.25) is 9.97 Å². The van der Waals surface area contributed by atoms with Crippen LogP contribution in [0.5, 0.6) is 0 Å². The van der Waals surface area contributed by atoms with Crippen molar-refractivity contribution in [1.29, 1.82) is 0 Å². The van der Waals surface area contributed by atoms with Crippen LogP contribution < -0.4 is 0 Å². The van der Waals surface area contributed by atoms with Gasteiger partial charge in [-0.1, -0.05) is 12.1 Å². The zero-order chi connectivity index (χ0) is 11.8. The van der Waals surface area contributed by atoms with Gasteiger partial charge < -0.3 is 10.2 Å². The Balaban J connectivity index is 0.000000280. The highest BCUT2D eigenvalue weighted by atomic mass is 16.6. The van der Waals surface area contributed by atoms with Crippen LogP contribution in [0.4, 0.5) is 4.79 Å². The maximum atomic E-state index is 8.56. The van der Waals surface area contributed by atoms with Gasteiger partial charge in [-0.25, -0.2) is 4.79 Å². The minimum atomic E-state index is -1.83. The molecule has 0 aliphatic rings. The SMILES string of the molecule is O=C(O)O.c1ccc(-c2ccccn2)nc1. The van der Waals surface area contributed by atoms with Crippen molar-refractivity contribution in [1.82, 2.24) is 9.97 Å². The molecule has 0 saturated carbocycles. The van der Waals surface area contributed by atoms with Gasteiger partial charge in [-0.05, 0) is 24.3 Å². The smallest absolute Gasteiger partial charge is 0.450 e. The molecule has 2 rings (SSSR count). The maximum Gasteiger partial charge on any atom is 0.503 e. The molecule has 0 atom stereocenters. The number of pyridine rings is 2. The molecule has 0 aliphatic carbocycles. The van der Waals surface area contributed by atoms with Crippen molar-refractivity contribution in [3.05, 3.63) is 48.8 Å². The van der Waals surface area contributed by atoms with Gasteiger partial charge in [-0.2, -0.15) is 0 Å². The minimum absolute atomic E-state index is 0.915. The van der Waals surface area contributed by atoms with Crippen LogP contribution in [-0.4, -0.2) is 26.3 Å². The van der Waals surface area contributed by atoms with E-state index in [1.165, 1.54) is 0 Å². The second-order valence-electron chi connectivity index (χ2n) is 2.71. The van der Waals surface area contributed by atoms with Crippen LogP contribution >= 0.6 is 0 Å². The van der Waals surface area contributed by atoms with E-state index in [1.54, 1.807) is 12.4 Å². The zero-order valence-electron chi connectivity index (χ0n) is 8.32. The third-order valence-electron chi connectivity index (χ3n) is 1.59. The van der Waals surface area contributed by atoms with E-state index in [2.05, 4.69) is 9.97 Å². The van der Waals surface area contributed by atoms with Crippen LogP contribution in [0.2, 0.25) is 0 Å². The van der Waals surface area contributed by atoms with E-state index in [-0.39, 0.29) is 0 Å². The minimum Gasteiger partial charge on any atom is -0.450 e. The number of carboxylic acid groups (broad SMARTS) is 2. The van der Waals surface area contributed by atoms with Gasteiger partial charge in [0, 0.05) is 12.4 Å². The van der Waals surface area contributed by atoms with E-state index >= 15 is 0 Å². The van der Waals surface area contributed by atoms with E-state index in [1.807, 2.05) is 36.4 Å². The lowest BCUT2D eigenvalue weighted by molar-refractivity contribution is 0.137. The van der Waals surface area contributed by atoms with E-state index in [0.29, 0.717) is 0 Å². The predicted molar refractivity (Wildman–Crippen MR) is 58.1 cm³/mol. The Morgan fingerprint density at radius 3 is 1.50 bits per heavy atom. The molecular weight excluding hydrogens is 208 g/mol. The summed E-state index contributed by atoms with van der Waals surface area (Å²) in [6, 6.07) is 11.6. The number of hydrogen-bond donors (Lipinski definition) is 2. The summed E-state index contributed by atoms with van der Waals surface area (Å²) in [5.41, 5.74) is 1.83. The molecule has 0 aliphatic heterocycles. The monoisotopic (exact) mass is 218 g/mol. The average molecular weight is 218 g/mol. The molecule has 0 bridgehead atoms. The Bertz CT molecular complexity index is 390. The molecule has 0 aromatic carbocycles. The Morgan fingerprint density at radius 2 is 1.25 bits per heavy atom. The number of carbonyl (C=O) groups is 1. The Hall–Kier alpha value is -2.43. The zero-order valence-corrected chi connectivity index (χ0v) is 8.32. The topological polar surface area (TPSA) is 83.3 Å². The summed E-state index contributed by atoms with van der Waals surface area (Å²) in [5, 5.41) is 13.9. The number of hydrogen-bond acceptors (Lipinski definition) is 3. The third kappa shape index (κ3) is 4.19. The van der Waals surface area contributed by atoms with Crippen molar-refractivity contribution in [3.8, 4) is 11.4 Å². The Morgan fingerprint density at radius 1 is 0.875 bits per heavy atom. The van der Waals surface area contributed by atoms with Gasteiger partial charge in [-0.15, -0.1) is 0 Å². The van der Waals surface area contributed by atoms with Crippen LogP contribution in [0.15, 0.2) is 48.8 Å². The van der Waals surface area contributed by atoms with Crippen molar-refractivity contribution in [2.45, 2.75) is 0 Å². The fraction of sp³-hybridized carbons (Fsp3) is 0. The normalized spacial score (nSPS) is 8.75. The largest absolute Gasteiger partial charge is 0.503 e. The molecule has 2 aromatic heterocycles. The fourth-order valence-corrected chi connectivity index (χ4v) is 1.03. The maximum absolute atomic E-state index is 8.56. The van der Waals surface area contributed by atoms with Gasteiger partial charge in [0.15, 0.2) is 0 Å². The standard InChI is InChI=1S/C10H8N2.CH2O3/c1-3-7-11-9(5-1)10-6-2-4-8-12-10;2-1(3)4/h1-8H;(H2,2,3,4). The van der Waals surface area contributed by atoms with Gasteiger partial charge in [0.1, 0.15) is 0 Å². The molecule has 82 valence electrons. The average Bonchev–Trinajstić information content (AvgIpc) is 2.31. The van der Waals surface area contributed by atoms with Crippen LogP contribution in [0.25, 0.3) is 11.4 Å². The molecule has 2 heterocycles. The van der Waals surface area contributed by atoms with E-state index in [4.69, 9.17) is 15.0 Å². The molecule has 0 radical (unpaired) electrons.